The van der Waals surface area contributed by atoms with Crippen LogP contribution in [-0.2, 0) is 21.2 Å². The number of benzene rings is 1. The molecule has 0 fully saturated rings. The maximum absolute atomic E-state index is 11.7. The topological polar surface area (TPSA) is 89.3 Å². The zero-order valence-corrected chi connectivity index (χ0v) is 11.3. The van der Waals surface area contributed by atoms with Crippen molar-refractivity contribution < 1.29 is 13.2 Å². The van der Waals surface area contributed by atoms with Gasteiger partial charge in [0.25, 0.3) is 5.91 Å². The molecule has 0 saturated heterocycles. The number of rotatable bonds is 5. The van der Waals surface area contributed by atoms with Crippen LogP contribution in [0, 0.1) is 0 Å². The lowest BCUT2D eigenvalue weighted by atomic mass is 10.1. The summed E-state index contributed by atoms with van der Waals surface area (Å²) >= 11 is 0. The summed E-state index contributed by atoms with van der Waals surface area (Å²) in [5.41, 5.74) is 6.57. The second kappa shape index (κ2) is 5.97. The van der Waals surface area contributed by atoms with Crippen molar-refractivity contribution in [2.24, 2.45) is 5.73 Å². The number of nitrogens with one attached hydrogen (secondary N) is 1. The highest BCUT2D eigenvalue weighted by atomic mass is 32.2. The van der Waals surface area contributed by atoms with Crippen LogP contribution in [0.4, 0.5) is 0 Å². The van der Waals surface area contributed by atoms with Crippen molar-refractivity contribution >= 4 is 15.9 Å². The molecule has 3 N–H and O–H groups in total. The third-order valence-electron chi connectivity index (χ3n) is 2.50. The maximum Gasteiger partial charge on any atom is 0.250 e. The Hall–Kier alpha value is -1.40. The van der Waals surface area contributed by atoms with E-state index in [1.807, 2.05) is 35.1 Å². The fourth-order valence-corrected chi connectivity index (χ4v) is 1.96. The molecule has 0 heterocycles. The van der Waals surface area contributed by atoms with Gasteiger partial charge in [0.1, 0.15) is 0 Å². The summed E-state index contributed by atoms with van der Waals surface area (Å²) in [6.07, 6.45) is 0.306. The summed E-state index contributed by atoms with van der Waals surface area (Å²) in [4.78, 5) is 11.7. The highest BCUT2D eigenvalue weighted by molar-refractivity contribution is 7.90. The van der Waals surface area contributed by atoms with Gasteiger partial charge in [0.2, 0.25) is 10.0 Å². The van der Waals surface area contributed by atoms with E-state index in [-0.39, 0.29) is 0 Å². The summed E-state index contributed by atoms with van der Waals surface area (Å²) < 4.78 is 25.0. The van der Waals surface area contributed by atoms with E-state index in [4.69, 9.17) is 5.73 Å². The Balaban J connectivity index is 2.63. The minimum atomic E-state index is -3.61. The molecule has 6 heteroatoms. The first-order valence-electron chi connectivity index (χ1n) is 5.68. The highest BCUT2D eigenvalue weighted by Gasteiger charge is 2.22. The van der Waals surface area contributed by atoms with Crippen LogP contribution in [-0.4, -0.2) is 25.6 Å². The smallest absolute Gasteiger partial charge is 0.250 e. The minimum absolute atomic E-state index is 0.306. The van der Waals surface area contributed by atoms with Gasteiger partial charge in [0, 0.05) is 0 Å². The van der Waals surface area contributed by atoms with Gasteiger partial charge in [-0.15, -0.1) is 0 Å². The Morgan fingerprint density at radius 3 is 2.33 bits per heavy atom. The molecule has 0 spiro atoms. The number of hydrogen-bond donors (Lipinski definition) is 2. The molecule has 0 aromatic heterocycles. The van der Waals surface area contributed by atoms with Gasteiger partial charge in [-0.25, -0.2) is 8.42 Å². The second-order valence-electron chi connectivity index (χ2n) is 4.36. The number of amides is 1. The van der Waals surface area contributed by atoms with Crippen molar-refractivity contribution in [3.8, 4) is 0 Å². The standard InChI is InChI=1S/C12H18N2O3S/c1-9(2)18(16,17)14-12(15)11(13)8-10-6-4-3-5-7-10/h3-7,9,11H,8,13H2,1-2H3,(H,14,15)/t11-/m0/s1. The van der Waals surface area contributed by atoms with Gasteiger partial charge in [0.05, 0.1) is 11.3 Å². The van der Waals surface area contributed by atoms with Crippen molar-refractivity contribution in [1.29, 1.82) is 0 Å². The predicted octanol–water partition coefficient (Wildman–Crippen LogP) is 0.411. The number of carbonyl (C=O) groups excluding carboxylic acids is 1. The maximum atomic E-state index is 11.7. The molecule has 1 aromatic carbocycles. The Morgan fingerprint density at radius 2 is 1.83 bits per heavy atom. The average Bonchev–Trinajstić information content (AvgIpc) is 2.29. The van der Waals surface area contributed by atoms with Crippen LogP contribution in [0.5, 0.6) is 0 Å². The first-order chi connectivity index (χ1) is 8.33. The summed E-state index contributed by atoms with van der Waals surface area (Å²) in [5.74, 6) is -0.674. The number of sulfonamides is 1. The summed E-state index contributed by atoms with van der Waals surface area (Å²) in [6, 6.07) is 8.34. The lowest BCUT2D eigenvalue weighted by Gasteiger charge is -2.14. The van der Waals surface area contributed by atoms with Crippen molar-refractivity contribution in [1.82, 2.24) is 4.72 Å². The van der Waals surface area contributed by atoms with Gasteiger partial charge in [-0.2, -0.15) is 0 Å². The molecule has 0 aliphatic heterocycles. The van der Waals surface area contributed by atoms with Crippen LogP contribution in [0.3, 0.4) is 0 Å². The predicted molar refractivity (Wildman–Crippen MR) is 70.3 cm³/mol. The molecule has 0 aliphatic rings. The van der Waals surface area contributed by atoms with Crippen molar-refractivity contribution in [2.45, 2.75) is 31.6 Å². The van der Waals surface area contributed by atoms with Crippen molar-refractivity contribution in [2.75, 3.05) is 0 Å². The number of hydrogen-bond acceptors (Lipinski definition) is 4. The monoisotopic (exact) mass is 270 g/mol. The third kappa shape index (κ3) is 4.12. The fraction of sp³-hybridized carbons (Fsp3) is 0.417. The number of nitrogens with two attached hydrogens (primary N) is 1. The van der Waals surface area contributed by atoms with E-state index < -0.39 is 27.2 Å². The fourth-order valence-electron chi connectivity index (χ4n) is 1.29. The van der Waals surface area contributed by atoms with Gasteiger partial charge < -0.3 is 5.73 Å². The van der Waals surface area contributed by atoms with Crippen LogP contribution in [0.25, 0.3) is 0 Å². The molecule has 0 saturated carbocycles. The molecule has 100 valence electrons. The van der Waals surface area contributed by atoms with Crippen LogP contribution < -0.4 is 10.5 Å². The average molecular weight is 270 g/mol. The zero-order chi connectivity index (χ0) is 13.8. The molecule has 0 unspecified atom stereocenters. The second-order valence-corrected chi connectivity index (χ2v) is 6.59. The molecule has 0 bridgehead atoms. The van der Waals surface area contributed by atoms with E-state index in [1.54, 1.807) is 0 Å². The van der Waals surface area contributed by atoms with Gasteiger partial charge in [0.15, 0.2) is 0 Å². The molecule has 1 aromatic rings. The largest absolute Gasteiger partial charge is 0.320 e. The van der Waals surface area contributed by atoms with Gasteiger partial charge in [-0.3, -0.25) is 9.52 Å². The van der Waals surface area contributed by atoms with E-state index in [1.165, 1.54) is 13.8 Å². The van der Waals surface area contributed by atoms with Gasteiger partial charge >= 0.3 is 0 Å². The normalized spacial score (nSPS) is 13.3. The molecule has 0 aliphatic carbocycles. The SMILES string of the molecule is CC(C)S(=O)(=O)NC(=O)[C@@H](N)Cc1ccccc1. The van der Waals surface area contributed by atoms with Gasteiger partial charge in [-0.05, 0) is 25.8 Å². The first kappa shape index (κ1) is 14.7. The van der Waals surface area contributed by atoms with Gasteiger partial charge in [-0.1, -0.05) is 30.3 Å². The Bertz CT molecular complexity index is 497. The lowest BCUT2D eigenvalue weighted by molar-refractivity contribution is -0.120. The lowest BCUT2D eigenvalue weighted by Crippen LogP contribution is -2.46. The van der Waals surface area contributed by atoms with Crippen molar-refractivity contribution in [3.05, 3.63) is 35.9 Å². The molecule has 5 nitrogen and oxygen atoms in total. The molecular formula is C12H18N2O3S. The minimum Gasteiger partial charge on any atom is -0.320 e. The van der Waals surface area contributed by atoms with Crippen LogP contribution in [0.1, 0.15) is 19.4 Å². The summed E-state index contributed by atoms with van der Waals surface area (Å²) in [6.45, 7) is 3.00. The summed E-state index contributed by atoms with van der Waals surface area (Å²) in [7, 11) is -3.61. The van der Waals surface area contributed by atoms with Crippen LogP contribution in [0.2, 0.25) is 0 Å². The summed E-state index contributed by atoms with van der Waals surface area (Å²) in [5, 5.41) is -0.662. The molecule has 18 heavy (non-hydrogen) atoms. The van der Waals surface area contributed by atoms with E-state index in [9.17, 15) is 13.2 Å². The third-order valence-corrected chi connectivity index (χ3v) is 4.23. The molecule has 1 amide bonds. The first-order valence-corrected chi connectivity index (χ1v) is 7.22. The highest BCUT2D eigenvalue weighted by Crippen LogP contribution is 2.03. The Labute approximate surface area is 107 Å². The molecule has 1 atom stereocenters. The zero-order valence-electron chi connectivity index (χ0n) is 10.5. The van der Waals surface area contributed by atoms with E-state index in [2.05, 4.69) is 0 Å². The quantitative estimate of drug-likeness (QED) is 0.811. The van der Waals surface area contributed by atoms with Crippen LogP contribution >= 0.6 is 0 Å². The van der Waals surface area contributed by atoms with Crippen molar-refractivity contribution in [3.63, 3.8) is 0 Å². The number of carbonyl (C=O) groups is 1. The molecular weight excluding hydrogens is 252 g/mol. The van der Waals surface area contributed by atoms with E-state index in [0.717, 1.165) is 5.56 Å². The molecule has 1 rings (SSSR count). The van der Waals surface area contributed by atoms with Crippen LogP contribution in [0.15, 0.2) is 30.3 Å². The van der Waals surface area contributed by atoms with E-state index >= 15 is 0 Å². The Morgan fingerprint density at radius 1 is 1.28 bits per heavy atom. The molecule has 0 radical (unpaired) electrons. The Kier molecular flexibility index (Phi) is 4.86. The van der Waals surface area contributed by atoms with E-state index in [0.29, 0.717) is 6.42 Å².